The Balaban J connectivity index is 1.38. The number of benzene rings is 2. The van der Waals surface area contributed by atoms with E-state index in [4.69, 9.17) is 11.6 Å². The molecule has 5 rings (SSSR count). The Bertz CT molecular complexity index is 1560. The van der Waals surface area contributed by atoms with E-state index in [1.807, 2.05) is 6.92 Å². The van der Waals surface area contributed by atoms with Crippen molar-refractivity contribution in [3.8, 4) is 0 Å². The lowest BCUT2D eigenvalue weighted by atomic mass is 9.76. The molecule has 0 spiro atoms. The first-order valence-corrected chi connectivity index (χ1v) is 16.3. The summed E-state index contributed by atoms with van der Waals surface area (Å²) in [6.07, 6.45) is 1.80. The monoisotopic (exact) mass is 620 g/mol. The molecule has 0 heterocycles. The van der Waals surface area contributed by atoms with Crippen LogP contribution in [0.4, 0.5) is 18.9 Å². The summed E-state index contributed by atoms with van der Waals surface area (Å²) < 4.78 is 95.4. The number of carbonyl (C=O) groups is 1. The van der Waals surface area contributed by atoms with E-state index in [2.05, 4.69) is 10.0 Å². The zero-order valence-electron chi connectivity index (χ0n) is 21.3. The molecule has 0 saturated heterocycles. The Morgan fingerprint density at radius 2 is 1.73 bits per heavy atom. The molecule has 5 atom stereocenters. The molecule has 8 nitrogen and oxygen atoms in total. The van der Waals surface area contributed by atoms with Gasteiger partial charge < -0.3 is 10.4 Å². The van der Waals surface area contributed by atoms with E-state index >= 15 is 0 Å². The Kier molecular flexibility index (Phi) is 7.52. The van der Waals surface area contributed by atoms with Gasteiger partial charge in [0, 0.05) is 29.9 Å². The number of hydrogen-bond acceptors (Lipinski definition) is 6. The van der Waals surface area contributed by atoms with Crippen molar-refractivity contribution >= 4 is 43.1 Å². The van der Waals surface area contributed by atoms with E-state index in [0.717, 1.165) is 6.07 Å². The second-order valence-electron chi connectivity index (χ2n) is 11.2. The number of fused-ring (bicyclic) bond motifs is 2. The second kappa shape index (κ2) is 10.3. The van der Waals surface area contributed by atoms with Crippen LogP contribution in [0, 0.1) is 35.2 Å². The largest absolute Gasteiger partial charge is 0.389 e. The van der Waals surface area contributed by atoms with E-state index in [9.17, 15) is 39.9 Å². The van der Waals surface area contributed by atoms with Crippen LogP contribution in [-0.2, 0) is 19.9 Å². The number of nitrogens with one attached hydrogen (secondary N) is 2. The summed E-state index contributed by atoms with van der Waals surface area (Å²) >= 11 is 6.29. The molecule has 3 saturated carbocycles. The smallest absolute Gasteiger partial charge is 0.255 e. The van der Waals surface area contributed by atoms with E-state index in [0.29, 0.717) is 31.4 Å². The lowest BCUT2D eigenvalue weighted by Crippen LogP contribution is -2.52. The predicted octanol–water partition coefficient (Wildman–Crippen LogP) is 4.03. The summed E-state index contributed by atoms with van der Waals surface area (Å²) in [4.78, 5) is 12.5. The van der Waals surface area contributed by atoms with Gasteiger partial charge in [0.1, 0.15) is 0 Å². The van der Waals surface area contributed by atoms with Gasteiger partial charge in [-0.1, -0.05) is 18.5 Å². The van der Waals surface area contributed by atoms with Gasteiger partial charge in [-0.25, -0.2) is 34.7 Å². The highest BCUT2D eigenvalue weighted by Gasteiger charge is 2.57. The maximum Gasteiger partial charge on any atom is 0.255 e. The number of halogens is 4. The first-order chi connectivity index (χ1) is 18.6. The van der Waals surface area contributed by atoms with E-state index in [1.54, 1.807) is 0 Å². The number of sulfone groups is 1. The van der Waals surface area contributed by atoms with Gasteiger partial charge >= 0.3 is 0 Å². The third kappa shape index (κ3) is 5.50. The molecule has 0 aromatic heterocycles. The molecule has 40 heavy (non-hydrogen) atoms. The zero-order valence-corrected chi connectivity index (χ0v) is 23.7. The molecule has 14 heteroatoms. The number of hydrogen-bond donors (Lipinski definition) is 3. The Hall–Kier alpha value is -2.19. The number of rotatable bonds is 8. The number of anilines is 1. The van der Waals surface area contributed by atoms with Crippen molar-refractivity contribution in [3.63, 3.8) is 0 Å². The average molecular weight is 621 g/mol. The van der Waals surface area contributed by atoms with Gasteiger partial charge in [0.25, 0.3) is 5.91 Å². The molecular formula is C26H28ClF3N2O6S2. The number of amides is 1. The molecule has 0 radical (unpaired) electrons. The highest BCUT2D eigenvalue weighted by molar-refractivity contribution is 7.92. The Morgan fingerprint density at radius 3 is 2.33 bits per heavy atom. The summed E-state index contributed by atoms with van der Waals surface area (Å²) in [6.45, 7) is 1.69. The normalized spacial score (nSPS) is 28.4. The van der Waals surface area contributed by atoms with Gasteiger partial charge in [-0.2, -0.15) is 0 Å². The molecule has 3 N–H and O–H groups in total. The summed E-state index contributed by atoms with van der Waals surface area (Å²) in [7, 11) is -7.67. The van der Waals surface area contributed by atoms with Crippen LogP contribution in [0.2, 0.25) is 5.02 Å². The standard InChI is InChI=1S/C26H28ClF3N2O6S2/c1-13-6-15-10-26(34,12-31-40(37,38)17-3-4-17)11-18(13)24(15)39(35,36)22-7-14(2-5-19(22)27)25(33)32-16-8-20(28)23(30)21(29)9-16/h2,5,7-9,13,15,17-18,24,31,34H,3-4,6,10-12H2,1H3,(H,32,33)/t13-,15-,18?,24?,26-/m0/s1. The fourth-order valence-electron chi connectivity index (χ4n) is 6.19. The second-order valence-corrected chi connectivity index (χ2v) is 15.7. The van der Waals surface area contributed by atoms with Crippen molar-refractivity contribution in [1.82, 2.24) is 4.72 Å². The lowest BCUT2D eigenvalue weighted by Gasteiger charge is -2.41. The topological polar surface area (TPSA) is 130 Å². The van der Waals surface area contributed by atoms with Crippen molar-refractivity contribution in [2.75, 3.05) is 11.9 Å². The van der Waals surface area contributed by atoms with Crippen molar-refractivity contribution in [1.29, 1.82) is 0 Å². The predicted molar refractivity (Wildman–Crippen MR) is 142 cm³/mol. The van der Waals surface area contributed by atoms with Crippen LogP contribution >= 0.6 is 11.6 Å². The molecule has 3 aliphatic carbocycles. The number of sulfonamides is 1. The molecule has 2 unspecified atom stereocenters. The van der Waals surface area contributed by atoms with Crippen LogP contribution in [0.3, 0.4) is 0 Å². The van der Waals surface area contributed by atoms with Gasteiger partial charge in [-0.05, 0) is 68.1 Å². The minimum Gasteiger partial charge on any atom is -0.389 e. The zero-order chi connectivity index (χ0) is 29.2. The van der Waals surface area contributed by atoms with E-state index in [-0.39, 0.29) is 46.5 Å². The van der Waals surface area contributed by atoms with Crippen LogP contribution in [0.25, 0.3) is 0 Å². The van der Waals surface area contributed by atoms with E-state index < -0.39 is 71.2 Å². The number of carbonyl (C=O) groups excluding carboxylic acids is 1. The van der Waals surface area contributed by atoms with Crippen molar-refractivity contribution in [3.05, 3.63) is 58.4 Å². The molecule has 2 aromatic carbocycles. The molecule has 2 aromatic rings. The molecule has 3 fully saturated rings. The minimum absolute atomic E-state index is 0.0707. The highest BCUT2D eigenvalue weighted by Crippen LogP contribution is 2.54. The summed E-state index contributed by atoms with van der Waals surface area (Å²) in [5, 5.41) is 12.0. The third-order valence-corrected chi connectivity index (χ3v) is 13.0. The Labute approximate surface area is 235 Å². The highest BCUT2D eigenvalue weighted by atomic mass is 35.5. The quantitative estimate of drug-likeness (QED) is 0.382. The van der Waals surface area contributed by atoms with Crippen LogP contribution in [0.1, 0.15) is 49.4 Å². The first-order valence-electron chi connectivity index (χ1n) is 12.8. The third-order valence-electron chi connectivity index (χ3n) is 8.22. The van der Waals surface area contributed by atoms with Gasteiger partial charge in [-0.3, -0.25) is 4.79 Å². The molecule has 0 aliphatic heterocycles. The van der Waals surface area contributed by atoms with Gasteiger partial charge in [0.05, 0.1) is 26.0 Å². The maximum absolute atomic E-state index is 13.9. The number of aliphatic hydroxyl groups is 1. The summed E-state index contributed by atoms with van der Waals surface area (Å²) in [5.74, 6) is -6.64. The van der Waals surface area contributed by atoms with Crippen LogP contribution in [-0.4, -0.2) is 50.5 Å². The van der Waals surface area contributed by atoms with Crippen LogP contribution in [0.15, 0.2) is 35.2 Å². The molecule has 218 valence electrons. The average Bonchev–Trinajstić information content (AvgIpc) is 3.69. The fourth-order valence-corrected chi connectivity index (χ4v) is 10.6. The summed E-state index contributed by atoms with van der Waals surface area (Å²) in [6, 6.07) is 4.74. The van der Waals surface area contributed by atoms with E-state index in [1.165, 1.54) is 12.1 Å². The van der Waals surface area contributed by atoms with Crippen LogP contribution < -0.4 is 10.0 Å². The Morgan fingerprint density at radius 1 is 1.07 bits per heavy atom. The molecule has 3 aliphatic rings. The molecule has 2 bridgehead atoms. The van der Waals surface area contributed by atoms with Crippen LogP contribution in [0.5, 0.6) is 0 Å². The lowest BCUT2D eigenvalue weighted by molar-refractivity contribution is -0.0160. The maximum atomic E-state index is 13.9. The molecular weight excluding hydrogens is 593 g/mol. The van der Waals surface area contributed by atoms with Crippen molar-refractivity contribution in [2.45, 2.75) is 60.0 Å². The van der Waals surface area contributed by atoms with Crippen molar-refractivity contribution < 1.29 is 39.9 Å². The first kappa shape index (κ1) is 29.3. The minimum atomic E-state index is -4.14. The van der Waals surface area contributed by atoms with Crippen molar-refractivity contribution in [2.24, 2.45) is 17.8 Å². The van der Waals surface area contributed by atoms with Gasteiger partial charge in [0.2, 0.25) is 10.0 Å². The fraction of sp³-hybridized carbons (Fsp3) is 0.500. The molecule has 1 amide bonds. The van der Waals surface area contributed by atoms with Gasteiger partial charge in [-0.15, -0.1) is 0 Å². The van der Waals surface area contributed by atoms with Gasteiger partial charge in [0.15, 0.2) is 27.3 Å². The SMILES string of the molecule is C[C@H]1C[C@H]2C[C@@](O)(CNS(=O)(=O)C3CC3)CC1C2S(=O)(=O)c1cc(C(=O)Nc2cc(F)c(F)c(F)c2)ccc1Cl. The summed E-state index contributed by atoms with van der Waals surface area (Å²) in [5.41, 5.74) is -1.92.